The highest BCUT2D eigenvalue weighted by Crippen LogP contribution is 2.39. The molecule has 0 spiro atoms. The number of ether oxygens (including phenoxy) is 3. The summed E-state index contributed by atoms with van der Waals surface area (Å²) in [7, 11) is 4.76. The van der Waals surface area contributed by atoms with Crippen molar-refractivity contribution in [2.75, 3.05) is 21.3 Å². The van der Waals surface area contributed by atoms with Crippen LogP contribution < -0.4 is 14.2 Å². The quantitative estimate of drug-likeness (QED) is 0.917. The van der Waals surface area contributed by atoms with Gasteiger partial charge in [0.05, 0.1) is 21.3 Å². The van der Waals surface area contributed by atoms with Crippen LogP contribution in [0.2, 0.25) is 0 Å². The maximum Gasteiger partial charge on any atom is 0.130 e. The average molecular weight is 260 g/mol. The van der Waals surface area contributed by atoms with Gasteiger partial charge in [0.1, 0.15) is 23.0 Å². The van der Waals surface area contributed by atoms with Gasteiger partial charge in [-0.2, -0.15) is 0 Å². The number of aromatic hydroxyl groups is 1. The maximum absolute atomic E-state index is 9.99. The molecule has 0 unspecified atom stereocenters. The summed E-state index contributed by atoms with van der Waals surface area (Å²) in [6.07, 6.45) is 0. The molecule has 0 atom stereocenters. The molecule has 1 N–H and O–H groups in total. The Balaban J connectivity index is 2.57. The molecule has 0 amide bonds. The van der Waals surface area contributed by atoms with E-state index in [0.29, 0.717) is 22.8 Å². The lowest BCUT2D eigenvalue weighted by molar-refractivity contribution is 0.395. The van der Waals surface area contributed by atoms with Gasteiger partial charge in [0.25, 0.3) is 0 Å². The van der Waals surface area contributed by atoms with Gasteiger partial charge in [-0.25, -0.2) is 0 Å². The predicted molar refractivity (Wildman–Crippen MR) is 73.2 cm³/mol. The van der Waals surface area contributed by atoms with Crippen LogP contribution in [0.3, 0.4) is 0 Å². The molecular weight excluding hydrogens is 244 g/mol. The van der Waals surface area contributed by atoms with Crippen molar-refractivity contribution in [3.63, 3.8) is 0 Å². The number of phenols is 1. The second kappa shape index (κ2) is 5.52. The first-order chi connectivity index (χ1) is 9.19. The Morgan fingerprint density at radius 3 is 2.00 bits per heavy atom. The van der Waals surface area contributed by atoms with E-state index in [1.165, 1.54) is 0 Å². The molecule has 2 aromatic rings. The molecule has 2 aromatic carbocycles. The fourth-order valence-electron chi connectivity index (χ4n) is 1.88. The highest BCUT2D eigenvalue weighted by Gasteiger charge is 2.12. The molecule has 0 heterocycles. The molecule has 4 heteroatoms. The largest absolute Gasteiger partial charge is 0.507 e. The molecule has 0 saturated carbocycles. The van der Waals surface area contributed by atoms with Gasteiger partial charge in [-0.1, -0.05) is 0 Å². The molecule has 0 aromatic heterocycles. The Labute approximate surface area is 112 Å². The van der Waals surface area contributed by atoms with Crippen molar-refractivity contribution in [2.45, 2.75) is 0 Å². The Morgan fingerprint density at radius 1 is 0.737 bits per heavy atom. The lowest BCUT2D eigenvalue weighted by atomic mass is 10.0. The van der Waals surface area contributed by atoms with Crippen LogP contribution >= 0.6 is 0 Å². The fraction of sp³-hybridized carbons (Fsp3) is 0.200. The summed E-state index contributed by atoms with van der Waals surface area (Å²) in [5.74, 6) is 2.17. The van der Waals surface area contributed by atoms with Gasteiger partial charge >= 0.3 is 0 Å². The SMILES string of the molecule is COc1ccc(-c2cc(OC)ccc2O)c(OC)c1. The minimum Gasteiger partial charge on any atom is -0.507 e. The molecule has 0 aliphatic rings. The third-order valence-corrected chi connectivity index (χ3v) is 2.90. The van der Waals surface area contributed by atoms with E-state index in [4.69, 9.17) is 14.2 Å². The van der Waals surface area contributed by atoms with Crippen molar-refractivity contribution in [2.24, 2.45) is 0 Å². The molecule has 4 nitrogen and oxygen atoms in total. The number of phenolic OH excluding ortho intramolecular Hbond substituents is 1. The van der Waals surface area contributed by atoms with E-state index in [2.05, 4.69) is 0 Å². The van der Waals surface area contributed by atoms with E-state index in [1.807, 2.05) is 12.1 Å². The van der Waals surface area contributed by atoms with Gasteiger partial charge < -0.3 is 19.3 Å². The van der Waals surface area contributed by atoms with Crippen LogP contribution in [-0.2, 0) is 0 Å². The number of benzene rings is 2. The Bertz CT molecular complexity index is 578. The van der Waals surface area contributed by atoms with Crippen LogP contribution in [0.15, 0.2) is 36.4 Å². The van der Waals surface area contributed by atoms with Crippen molar-refractivity contribution < 1.29 is 19.3 Å². The van der Waals surface area contributed by atoms with E-state index in [-0.39, 0.29) is 5.75 Å². The topological polar surface area (TPSA) is 47.9 Å². The van der Waals surface area contributed by atoms with Crippen LogP contribution in [-0.4, -0.2) is 26.4 Å². The average Bonchev–Trinajstić information content (AvgIpc) is 2.47. The summed E-state index contributed by atoms with van der Waals surface area (Å²) in [6, 6.07) is 10.5. The summed E-state index contributed by atoms with van der Waals surface area (Å²) in [5, 5.41) is 9.99. The normalized spacial score (nSPS) is 10.1. The van der Waals surface area contributed by atoms with Crippen molar-refractivity contribution in [3.8, 4) is 34.1 Å². The number of hydrogen-bond donors (Lipinski definition) is 1. The minimum atomic E-state index is 0.171. The standard InChI is InChI=1S/C15H16O4/c1-17-10-5-7-14(16)13(8-10)12-6-4-11(18-2)9-15(12)19-3/h4-9,16H,1-3H3. The van der Waals surface area contributed by atoms with E-state index < -0.39 is 0 Å². The highest BCUT2D eigenvalue weighted by molar-refractivity contribution is 5.77. The first kappa shape index (κ1) is 13.1. The van der Waals surface area contributed by atoms with Gasteiger partial charge in [0.2, 0.25) is 0 Å². The van der Waals surface area contributed by atoms with Gasteiger partial charge in [0.15, 0.2) is 0 Å². The lowest BCUT2D eigenvalue weighted by Gasteiger charge is -2.12. The van der Waals surface area contributed by atoms with Crippen LogP contribution in [0.5, 0.6) is 23.0 Å². The zero-order valence-corrected chi connectivity index (χ0v) is 11.1. The summed E-state index contributed by atoms with van der Waals surface area (Å²) < 4.78 is 15.7. The molecule has 0 radical (unpaired) electrons. The smallest absolute Gasteiger partial charge is 0.130 e. The molecular formula is C15H16O4. The molecule has 0 aliphatic heterocycles. The first-order valence-corrected chi connectivity index (χ1v) is 5.79. The maximum atomic E-state index is 9.99. The van der Waals surface area contributed by atoms with E-state index in [1.54, 1.807) is 45.6 Å². The fourth-order valence-corrected chi connectivity index (χ4v) is 1.88. The zero-order valence-electron chi connectivity index (χ0n) is 11.1. The number of hydrogen-bond acceptors (Lipinski definition) is 4. The Hall–Kier alpha value is -2.36. The van der Waals surface area contributed by atoms with Crippen LogP contribution in [0.1, 0.15) is 0 Å². The van der Waals surface area contributed by atoms with Crippen LogP contribution in [0.25, 0.3) is 11.1 Å². The minimum absolute atomic E-state index is 0.171. The van der Waals surface area contributed by atoms with Crippen molar-refractivity contribution >= 4 is 0 Å². The van der Waals surface area contributed by atoms with E-state index in [0.717, 1.165) is 5.56 Å². The molecule has 0 bridgehead atoms. The van der Waals surface area contributed by atoms with Crippen LogP contribution in [0, 0.1) is 0 Å². The second-order valence-corrected chi connectivity index (χ2v) is 3.95. The van der Waals surface area contributed by atoms with Gasteiger partial charge in [-0.3, -0.25) is 0 Å². The predicted octanol–water partition coefficient (Wildman–Crippen LogP) is 3.09. The lowest BCUT2D eigenvalue weighted by Crippen LogP contribution is -1.91. The highest BCUT2D eigenvalue weighted by atomic mass is 16.5. The Morgan fingerprint density at radius 2 is 1.37 bits per heavy atom. The van der Waals surface area contributed by atoms with E-state index in [9.17, 15) is 5.11 Å². The Kier molecular flexibility index (Phi) is 3.80. The second-order valence-electron chi connectivity index (χ2n) is 3.95. The summed E-state index contributed by atoms with van der Waals surface area (Å²) in [5.41, 5.74) is 1.43. The molecule has 100 valence electrons. The van der Waals surface area contributed by atoms with Crippen LogP contribution in [0.4, 0.5) is 0 Å². The van der Waals surface area contributed by atoms with Gasteiger partial charge in [0, 0.05) is 17.2 Å². The molecule has 19 heavy (non-hydrogen) atoms. The van der Waals surface area contributed by atoms with Gasteiger partial charge in [-0.15, -0.1) is 0 Å². The van der Waals surface area contributed by atoms with E-state index >= 15 is 0 Å². The third kappa shape index (κ3) is 2.57. The molecule has 0 fully saturated rings. The van der Waals surface area contributed by atoms with Crippen molar-refractivity contribution in [1.29, 1.82) is 0 Å². The summed E-state index contributed by atoms with van der Waals surface area (Å²) >= 11 is 0. The van der Waals surface area contributed by atoms with Crippen molar-refractivity contribution in [1.82, 2.24) is 0 Å². The summed E-state index contributed by atoms with van der Waals surface area (Å²) in [4.78, 5) is 0. The van der Waals surface area contributed by atoms with Crippen molar-refractivity contribution in [3.05, 3.63) is 36.4 Å². The summed E-state index contributed by atoms with van der Waals surface area (Å²) in [6.45, 7) is 0. The van der Waals surface area contributed by atoms with Gasteiger partial charge in [-0.05, 0) is 30.3 Å². The first-order valence-electron chi connectivity index (χ1n) is 5.79. The number of rotatable bonds is 4. The molecule has 2 rings (SSSR count). The molecule has 0 aliphatic carbocycles. The third-order valence-electron chi connectivity index (χ3n) is 2.90. The zero-order chi connectivity index (χ0) is 13.8. The monoisotopic (exact) mass is 260 g/mol. The molecule has 0 saturated heterocycles. The number of methoxy groups -OCH3 is 3.